The average Bonchev–Trinajstić information content (AvgIpc) is 3.24. The van der Waals surface area contributed by atoms with Gasteiger partial charge in [0.2, 0.25) is 35.4 Å². The Labute approximate surface area is 356 Å². The number of aliphatic hydroxyl groups is 3. The highest BCUT2D eigenvalue weighted by Crippen LogP contribution is 2.23. The van der Waals surface area contributed by atoms with Gasteiger partial charge in [0, 0.05) is 13.5 Å². The smallest absolute Gasteiger partial charge is 0.331 e. The molecule has 2 aromatic rings. The van der Waals surface area contributed by atoms with Crippen molar-refractivity contribution in [3.63, 3.8) is 0 Å². The van der Waals surface area contributed by atoms with Crippen molar-refractivity contribution >= 4 is 41.4 Å². The Balaban J connectivity index is 2.25. The molecule has 6 amide bonds. The van der Waals surface area contributed by atoms with Gasteiger partial charge in [-0.2, -0.15) is 0 Å². The van der Waals surface area contributed by atoms with E-state index in [1.54, 1.807) is 82.3 Å². The van der Waals surface area contributed by atoms with Crippen molar-refractivity contribution < 1.29 is 58.4 Å². The van der Waals surface area contributed by atoms with Crippen LogP contribution in [0.25, 0.3) is 0 Å². The van der Waals surface area contributed by atoms with Crippen LogP contribution in [0.4, 0.5) is 0 Å². The van der Waals surface area contributed by atoms with Crippen LogP contribution in [0.3, 0.4) is 0 Å². The minimum absolute atomic E-state index is 0.0821. The minimum atomic E-state index is -1.79. The fourth-order valence-corrected chi connectivity index (χ4v) is 6.70. The van der Waals surface area contributed by atoms with Crippen LogP contribution in [0.15, 0.2) is 54.6 Å². The summed E-state index contributed by atoms with van der Waals surface area (Å²) >= 11 is 0. The molecular weight excluding hydrogens is 793 g/mol. The number of carbonyl (C=O) groups excluding carboxylic acids is 7. The number of methoxy groups -OCH3 is 1. The lowest BCUT2D eigenvalue weighted by Crippen LogP contribution is -2.61. The highest BCUT2D eigenvalue weighted by molar-refractivity contribution is 5.98. The van der Waals surface area contributed by atoms with Gasteiger partial charge in [-0.05, 0) is 48.9 Å². The van der Waals surface area contributed by atoms with Gasteiger partial charge in [-0.25, -0.2) is 4.79 Å². The van der Waals surface area contributed by atoms with Crippen LogP contribution < -0.4 is 31.3 Å². The number of hydrogen-bond acceptors (Lipinski definition) is 12. The Morgan fingerprint density at radius 3 is 1.97 bits per heavy atom. The fourth-order valence-electron chi connectivity index (χ4n) is 6.70. The van der Waals surface area contributed by atoms with Gasteiger partial charge in [0.25, 0.3) is 0 Å². The van der Waals surface area contributed by atoms with E-state index in [9.17, 15) is 48.9 Å². The lowest BCUT2D eigenvalue weighted by atomic mass is 9.93. The first-order chi connectivity index (χ1) is 28.7. The molecule has 2 aromatic carbocycles. The topological polar surface area (TPSA) is 262 Å². The molecule has 0 unspecified atom stereocenters. The number of amides is 6. The zero-order valence-electron chi connectivity index (χ0n) is 36.2. The monoisotopic (exact) mass is 854 g/mol. The summed E-state index contributed by atoms with van der Waals surface area (Å²) < 4.78 is 10.9. The summed E-state index contributed by atoms with van der Waals surface area (Å²) in [6, 6.07) is 5.55. The molecule has 1 fully saturated rings. The summed E-state index contributed by atoms with van der Waals surface area (Å²) in [5.74, 6) is -8.09. The molecule has 336 valence electrons. The van der Waals surface area contributed by atoms with Crippen molar-refractivity contribution in [2.75, 3.05) is 20.8 Å². The van der Waals surface area contributed by atoms with Crippen LogP contribution in [-0.4, -0.2) is 131 Å². The Morgan fingerprint density at radius 2 is 1.43 bits per heavy atom. The van der Waals surface area contributed by atoms with Crippen molar-refractivity contribution in [3.05, 3.63) is 65.7 Å². The van der Waals surface area contributed by atoms with Crippen molar-refractivity contribution in [1.82, 2.24) is 31.5 Å². The second-order valence-corrected chi connectivity index (χ2v) is 15.9. The third-order valence-corrected chi connectivity index (χ3v) is 11.0. The average molecular weight is 855 g/mol. The predicted octanol–water partition coefficient (Wildman–Crippen LogP) is -0.121. The minimum Gasteiger partial charge on any atom is -0.497 e. The molecule has 1 heterocycles. The number of aliphatic hydroxyl groups excluding tert-OH is 3. The van der Waals surface area contributed by atoms with Crippen molar-refractivity contribution in [1.29, 1.82) is 0 Å². The van der Waals surface area contributed by atoms with Gasteiger partial charge < -0.3 is 56.3 Å². The molecule has 1 saturated heterocycles. The SMILES string of the molecule is CC[C@H](C)[C@@H]1NC(=O)[C@H](NC(=O)[C@@H](C)[C@H](O)C(C)C)[C@H](C)OC(=O)[C@@H](CO)NC(=O)[C@H]([C@@H](C)O)NC(=O)[C@@H](Cc2ccccc2)N(C)C(=O)[C@@H](c2ccc(OC)cc2)NC1=O. The second kappa shape index (κ2) is 22.9. The number of likely N-dealkylation sites (N-methyl/N-ethyl adjacent to an activating group) is 1. The Kier molecular flexibility index (Phi) is 18.6. The molecule has 1 aliphatic rings. The van der Waals surface area contributed by atoms with Crippen molar-refractivity contribution in [2.24, 2.45) is 17.8 Å². The van der Waals surface area contributed by atoms with Gasteiger partial charge in [-0.15, -0.1) is 0 Å². The van der Waals surface area contributed by atoms with E-state index in [-0.39, 0.29) is 17.9 Å². The quantitative estimate of drug-likeness (QED) is 0.130. The fraction of sp³-hybridized carbons (Fsp3) is 0.558. The van der Waals surface area contributed by atoms with E-state index < -0.39 is 114 Å². The number of ether oxygens (including phenoxy) is 2. The Bertz CT molecular complexity index is 1830. The summed E-state index contributed by atoms with van der Waals surface area (Å²) in [5.41, 5.74) is 0.903. The predicted molar refractivity (Wildman–Crippen MR) is 222 cm³/mol. The number of benzene rings is 2. The van der Waals surface area contributed by atoms with E-state index >= 15 is 0 Å². The van der Waals surface area contributed by atoms with Crippen molar-refractivity contribution in [3.8, 4) is 5.75 Å². The molecule has 3 rings (SSSR count). The standard InChI is InChI=1S/C43H62N6O12/c1-10-23(4)32-39(55)48-35(28-16-18-29(60-9)19-17-28)42(58)49(8)31(20-27-14-12-11-13-15-27)38(54)46-33(25(6)51)40(56)44-30(21-50)43(59)61-26(7)34(41(57)45-32)47-37(53)24(5)36(52)22(2)3/h11-19,22-26,30-36,50-52H,10,20-21H2,1-9H3,(H,44,56)(H,45,57)(H,46,54)(H,47,53)(H,48,55)/t23-,24-,25+,26-,30+,31+,32-,33-,34+,35+,36+/m0/s1. The number of cyclic esters (lactones) is 1. The number of rotatable bonds is 12. The molecule has 0 saturated carbocycles. The largest absolute Gasteiger partial charge is 0.497 e. The van der Waals surface area contributed by atoms with E-state index in [2.05, 4.69) is 26.6 Å². The summed E-state index contributed by atoms with van der Waals surface area (Å²) in [6.45, 7) is 9.75. The molecule has 0 bridgehead atoms. The molecule has 11 atom stereocenters. The highest BCUT2D eigenvalue weighted by atomic mass is 16.5. The van der Waals surface area contributed by atoms with E-state index in [4.69, 9.17) is 9.47 Å². The van der Waals surface area contributed by atoms with Gasteiger partial charge in [0.05, 0.1) is 31.8 Å². The van der Waals surface area contributed by atoms with Gasteiger partial charge in [0.1, 0.15) is 42.1 Å². The van der Waals surface area contributed by atoms with Crippen LogP contribution >= 0.6 is 0 Å². The zero-order valence-corrected chi connectivity index (χ0v) is 36.2. The Morgan fingerprint density at radius 1 is 0.836 bits per heavy atom. The van der Waals surface area contributed by atoms with Gasteiger partial charge in [0.15, 0.2) is 6.04 Å². The molecule has 61 heavy (non-hydrogen) atoms. The molecule has 8 N–H and O–H groups in total. The van der Waals surface area contributed by atoms with Crippen LogP contribution in [0.5, 0.6) is 5.75 Å². The summed E-state index contributed by atoms with van der Waals surface area (Å²) in [7, 11) is 2.80. The number of carbonyl (C=O) groups is 7. The van der Waals surface area contributed by atoms with Crippen LogP contribution in [0.2, 0.25) is 0 Å². The first-order valence-corrected chi connectivity index (χ1v) is 20.4. The van der Waals surface area contributed by atoms with Gasteiger partial charge in [-0.1, -0.05) is 83.5 Å². The zero-order chi connectivity index (χ0) is 45.7. The third-order valence-electron chi connectivity index (χ3n) is 11.0. The molecule has 1 aliphatic heterocycles. The normalized spacial score (nSPS) is 25.9. The molecule has 18 heteroatoms. The van der Waals surface area contributed by atoms with Crippen molar-refractivity contribution in [2.45, 2.75) is 116 Å². The van der Waals surface area contributed by atoms with Gasteiger partial charge >= 0.3 is 5.97 Å². The van der Waals surface area contributed by atoms with Crippen LogP contribution in [0, 0.1) is 17.8 Å². The van der Waals surface area contributed by atoms with Crippen LogP contribution in [-0.2, 0) is 44.7 Å². The summed E-state index contributed by atoms with van der Waals surface area (Å²) in [5, 5.41) is 44.3. The van der Waals surface area contributed by atoms with E-state index in [1.165, 1.54) is 34.9 Å². The lowest BCUT2D eigenvalue weighted by molar-refractivity contribution is -0.157. The first-order valence-electron chi connectivity index (χ1n) is 20.4. The maximum atomic E-state index is 14.8. The molecule has 0 spiro atoms. The molecule has 0 aliphatic carbocycles. The third kappa shape index (κ3) is 13.2. The number of esters is 1. The molecular formula is C43H62N6O12. The summed E-state index contributed by atoms with van der Waals surface area (Å²) in [6.07, 6.45) is -3.94. The molecule has 0 aromatic heterocycles. The first kappa shape index (κ1) is 49.8. The Hall–Kier alpha value is -5.59. The lowest BCUT2D eigenvalue weighted by Gasteiger charge is -2.34. The maximum absolute atomic E-state index is 14.8. The van der Waals surface area contributed by atoms with E-state index in [1.807, 2.05) is 0 Å². The second-order valence-electron chi connectivity index (χ2n) is 15.9. The summed E-state index contributed by atoms with van der Waals surface area (Å²) in [4.78, 5) is 99.5. The highest BCUT2D eigenvalue weighted by Gasteiger charge is 2.41. The van der Waals surface area contributed by atoms with E-state index in [0.29, 0.717) is 17.7 Å². The molecule has 18 nitrogen and oxygen atoms in total. The van der Waals surface area contributed by atoms with Crippen LogP contribution in [0.1, 0.15) is 72.1 Å². The number of nitrogens with one attached hydrogen (secondary N) is 5. The van der Waals surface area contributed by atoms with E-state index in [0.717, 1.165) is 4.90 Å². The molecule has 0 radical (unpaired) electrons. The number of hydrogen-bond donors (Lipinski definition) is 8. The number of nitrogens with zero attached hydrogens (tertiary/aromatic N) is 1. The maximum Gasteiger partial charge on any atom is 0.331 e. The van der Waals surface area contributed by atoms with Gasteiger partial charge in [-0.3, -0.25) is 28.8 Å².